The minimum Gasteiger partial charge on any atom is -0.383 e. The largest absolute Gasteiger partial charge is 0.383 e. The summed E-state index contributed by atoms with van der Waals surface area (Å²) < 4.78 is 8.87. The Morgan fingerprint density at radius 3 is 2.90 bits per heavy atom. The molecule has 0 fully saturated rings. The predicted molar refractivity (Wildman–Crippen MR) is 120 cm³/mol. The highest BCUT2D eigenvalue weighted by molar-refractivity contribution is 7.18. The molecule has 0 unspecified atom stereocenters. The van der Waals surface area contributed by atoms with Crippen molar-refractivity contribution >= 4 is 27.3 Å². The van der Waals surface area contributed by atoms with Crippen LogP contribution < -0.4 is 5.56 Å². The van der Waals surface area contributed by atoms with E-state index < -0.39 is 0 Å². The van der Waals surface area contributed by atoms with Crippen molar-refractivity contribution in [3.63, 3.8) is 0 Å². The number of carbonyl (C=O) groups is 1. The number of carbonyl (C=O) groups excluding carboxylic acids is 1. The molecule has 3 aromatic rings. The smallest absolute Gasteiger partial charge is 0.262 e. The molecule has 0 aromatic carbocycles. The fourth-order valence-corrected chi connectivity index (χ4v) is 6.11. The van der Waals surface area contributed by atoms with E-state index in [0.29, 0.717) is 18.1 Å². The van der Waals surface area contributed by atoms with Crippen LogP contribution in [0.1, 0.15) is 58.5 Å². The maximum atomic E-state index is 13.2. The van der Waals surface area contributed by atoms with E-state index in [4.69, 9.17) is 4.74 Å². The van der Waals surface area contributed by atoms with Crippen molar-refractivity contribution in [1.82, 2.24) is 14.1 Å². The van der Waals surface area contributed by atoms with Crippen molar-refractivity contribution in [1.29, 1.82) is 0 Å². The number of nitrogens with zero attached hydrogens (tertiary/aromatic N) is 3. The number of hydrogen-bond donors (Lipinski definition) is 0. The average molecular weight is 428 g/mol. The highest BCUT2D eigenvalue weighted by atomic mass is 32.1. The molecule has 3 aromatic heterocycles. The molecule has 7 heteroatoms. The third-order valence-electron chi connectivity index (χ3n) is 6.23. The van der Waals surface area contributed by atoms with Crippen molar-refractivity contribution in [2.24, 2.45) is 5.92 Å². The monoisotopic (exact) mass is 427 g/mol. The Labute approximate surface area is 180 Å². The van der Waals surface area contributed by atoms with Crippen LogP contribution in [-0.4, -0.2) is 33.6 Å². The van der Waals surface area contributed by atoms with Crippen molar-refractivity contribution in [2.45, 2.75) is 59.5 Å². The van der Waals surface area contributed by atoms with E-state index in [0.717, 1.165) is 46.4 Å². The molecule has 0 saturated heterocycles. The zero-order chi connectivity index (χ0) is 21.6. The van der Waals surface area contributed by atoms with Crippen LogP contribution in [0.3, 0.4) is 0 Å². The van der Waals surface area contributed by atoms with Gasteiger partial charge in [-0.05, 0) is 57.6 Å². The molecule has 30 heavy (non-hydrogen) atoms. The number of aromatic nitrogens is 3. The number of rotatable bonds is 6. The number of ether oxygens (including phenoxy) is 1. The van der Waals surface area contributed by atoms with Gasteiger partial charge in [-0.2, -0.15) is 0 Å². The van der Waals surface area contributed by atoms with Gasteiger partial charge in [0.1, 0.15) is 4.83 Å². The summed E-state index contributed by atoms with van der Waals surface area (Å²) in [4.78, 5) is 32.9. The first-order valence-corrected chi connectivity index (χ1v) is 11.3. The van der Waals surface area contributed by atoms with E-state index in [9.17, 15) is 9.59 Å². The Kier molecular flexibility index (Phi) is 5.68. The zero-order valence-electron chi connectivity index (χ0n) is 18.3. The molecule has 2 atom stereocenters. The number of aryl methyl sites for hydroxylation is 2. The summed E-state index contributed by atoms with van der Waals surface area (Å²) in [6.45, 7) is 8.85. The molecule has 4 rings (SSSR count). The third-order valence-corrected chi connectivity index (χ3v) is 7.39. The van der Waals surface area contributed by atoms with Gasteiger partial charge < -0.3 is 9.30 Å². The number of Topliss-reactive ketones (excluding diaryl/α,β-unsaturated/α-hetero) is 1. The summed E-state index contributed by atoms with van der Waals surface area (Å²) in [5, 5.41) is 0.719. The lowest BCUT2D eigenvalue weighted by Gasteiger charge is -2.18. The van der Waals surface area contributed by atoms with Gasteiger partial charge in [0.25, 0.3) is 5.56 Å². The summed E-state index contributed by atoms with van der Waals surface area (Å²) in [6, 6.07) is 2.05. The fraction of sp³-hybridized carbons (Fsp3) is 0.522. The molecular weight excluding hydrogens is 398 g/mol. The van der Waals surface area contributed by atoms with Crippen LogP contribution in [0.2, 0.25) is 0 Å². The van der Waals surface area contributed by atoms with Gasteiger partial charge in [0.15, 0.2) is 5.78 Å². The van der Waals surface area contributed by atoms with Gasteiger partial charge in [-0.25, -0.2) is 4.98 Å². The van der Waals surface area contributed by atoms with Crippen molar-refractivity contribution < 1.29 is 9.53 Å². The van der Waals surface area contributed by atoms with Crippen LogP contribution in [0.5, 0.6) is 0 Å². The Hall–Kier alpha value is -2.25. The van der Waals surface area contributed by atoms with Gasteiger partial charge in [-0.15, -0.1) is 11.3 Å². The fourth-order valence-electron chi connectivity index (χ4n) is 4.77. The first kappa shape index (κ1) is 21.0. The van der Waals surface area contributed by atoms with E-state index in [1.54, 1.807) is 18.4 Å². The second-order valence-corrected chi connectivity index (χ2v) is 9.68. The molecule has 0 spiro atoms. The highest BCUT2D eigenvalue weighted by Crippen LogP contribution is 2.35. The number of ketones is 1. The van der Waals surface area contributed by atoms with Gasteiger partial charge in [0.2, 0.25) is 0 Å². The molecule has 6 nitrogen and oxygen atoms in total. The number of methoxy groups -OCH3 is 1. The van der Waals surface area contributed by atoms with E-state index in [1.165, 1.54) is 15.8 Å². The molecule has 3 heterocycles. The van der Waals surface area contributed by atoms with Crippen LogP contribution >= 0.6 is 11.3 Å². The van der Waals surface area contributed by atoms with Gasteiger partial charge in [-0.1, -0.05) is 6.92 Å². The van der Waals surface area contributed by atoms with E-state index in [-0.39, 0.29) is 23.9 Å². The van der Waals surface area contributed by atoms with Crippen molar-refractivity contribution in [2.75, 3.05) is 13.7 Å². The van der Waals surface area contributed by atoms with Crippen molar-refractivity contribution in [3.8, 4) is 0 Å². The number of fused-ring (bicyclic) bond motifs is 3. The Bertz CT molecular complexity index is 1170. The molecule has 0 N–H and O–H groups in total. The maximum Gasteiger partial charge on any atom is 0.262 e. The van der Waals surface area contributed by atoms with Crippen LogP contribution in [0, 0.1) is 19.8 Å². The first-order chi connectivity index (χ1) is 14.3. The molecule has 0 amide bonds. The normalized spacial score (nSPS) is 17.3. The predicted octanol–water partition coefficient (Wildman–Crippen LogP) is 4.09. The standard InChI is InChI=1S/C23H29N3O3S/c1-13-6-7-17-20(8-13)30-22-21(17)23(28)25(12-24-22)10-19(27)18-9-14(2)26(16(18)4)15(3)11-29-5/h9,12-13,15H,6-8,10-11H2,1-5H3/t13-,15+/m1/s1. The molecule has 160 valence electrons. The van der Waals surface area contributed by atoms with Crippen LogP contribution in [-0.2, 0) is 24.1 Å². The number of thiophene rings is 1. The molecule has 0 aliphatic heterocycles. The number of hydrogen-bond acceptors (Lipinski definition) is 5. The zero-order valence-corrected chi connectivity index (χ0v) is 19.1. The summed E-state index contributed by atoms with van der Waals surface area (Å²) >= 11 is 1.63. The molecule has 1 aliphatic carbocycles. The third kappa shape index (κ3) is 3.54. The molecule has 1 aliphatic rings. The summed E-state index contributed by atoms with van der Waals surface area (Å²) in [5.74, 6) is 0.574. The SMILES string of the molecule is COC[C@H](C)n1c(C)cc(C(=O)Cn2cnc3sc4c(c3c2=O)CC[C@@H](C)C4)c1C. The summed E-state index contributed by atoms with van der Waals surface area (Å²) in [7, 11) is 1.68. The summed E-state index contributed by atoms with van der Waals surface area (Å²) in [6.07, 6.45) is 4.56. The van der Waals surface area contributed by atoms with E-state index in [2.05, 4.69) is 23.4 Å². The first-order valence-electron chi connectivity index (χ1n) is 10.5. The van der Waals surface area contributed by atoms with Gasteiger partial charge in [0, 0.05) is 28.9 Å². The van der Waals surface area contributed by atoms with E-state index >= 15 is 0 Å². The quantitative estimate of drug-likeness (QED) is 0.556. The minimum atomic E-state index is -0.0954. The topological polar surface area (TPSA) is 66.1 Å². The van der Waals surface area contributed by atoms with Crippen LogP contribution in [0.15, 0.2) is 17.2 Å². The summed E-state index contributed by atoms with van der Waals surface area (Å²) in [5.41, 5.74) is 3.64. The van der Waals surface area contributed by atoms with Crippen LogP contribution in [0.4, 0.5) is 0 Å². The second kappa shape index (κ2) is 8.12. The lowest BCUT2D eigenvalue weighted by molar-refractivity contribution is 0.0969. The van der Waals surface area contributed by atoms with Gasteiger partial charge in [-0.3, -0.25) is 14.2 Å². The van der Waals surface area contributed by atoms with Gasteiger partial charge in [0.05, 0.1) is 30.9 Å². The molecule has 0 bridgehead atoms. The lowest BCUT2D eigenvalue weighted by atomic mass is 9.89. The average Bonchev–Trinajstić information content (AvgIpc) is 3.20. The highest BCUT2D eigenvalue weighted by Gasteiger charge is 2.24. The van der Waals surface area contributed by atoms with Crippen molar-refractivity contribution in [3.05, 3.63) is 50.1 Å². The molecular formula is C23H29N3O3S. The Morgan fingerprint density at radius 2 is 2.17 bits per heavy atom. The Morgan fingerprint density at radius 1 is 1.40 bits per heavy atom. The molecule has 0 radical (unpaired) electrons. The minimum absolute atomic E-state index is 0.00570. The maximum absolute atomic E-state index is 13.2. The Balaban J connectivity index is 1.67. The van der Waals surface area contributed by atoms with Gasteiger partial charge >= 0.3 is 0 Å². The lowest BCUT2D eigenvalue weighted by Crippen LogP contribution is -2.25. The molecule has 0 saturated carbocycles. The second-order valence-electron chi connectivity index (χ2n) is 8.59. The van der Waals surface area contributed by atoms with Crippen LogP contribution in [0.25, 0.3) is 10.2 Å². The van der Waals surface area contributed by atoms with E-state index in [1.807, 2.05) is 19.9 Å².